The van der Waals surface area contributed by atoms with Crippen molar-refractivity contribution in [2.45, 2.75) is 90.4 Å². The summed E-state index contributed by atoms with van der Waals surface area (Å²) in [5.74, 6) is 0. The molecule has 29 heavy (non-hydrogen) atoms. The number of hydrogen-bond acceptors (Lipinski definition) is 2. The molecule has 0 bridgehead atoms. The summed E-state index contributed by atoms with van der Waals surface area (Å²) in [6.45, 7) is 20.9. The second-order valence-corrected chi connectivity index (χ2v) is 12.7. The van der Waals surface area contributed by atoms with Crippen molar-refractivity contribution >= 4 is 15.7 Å². The maximum absolute atomic E-state index is 13.7. The molecule has 4 heteroatoms. The number of aryl methyl sites for hydroxylation is 1. The Morgan fingerprint density at radius 3 is 1.55 bits per heavy atom. The van der Waals surface area contributed by atoms with Crippen molar-refractivity contribution in [3.05, 3.63) is 58.7 Å². The molecule has 160 valence electrons. The Morgan fingerprint density at radius 2 is 1.17 bits per heavy atom. The van der Waals surface area contributed by atoms with E-state index in [4.69, 9.17) is 0 Å². The topological polar surface area (TPSA) is 46.2 Å². The third-order valence-electron chi connectivity index (χ3n) is 5.23. The minimum Gasteiger partial charge on any atom is -0.279 e. The van der Waals surface area contributed by atoms with Crippen LogP contribution >= 0.6 is 0 Å². The number of rotatable bonds is 3. The van der Waals surface area contributed by atoms with Crippen LogP contribution in [0.5, 0.6) is 0 Å². The fraction of sp³-hybridized carbons (Fsp3) is 0.520. The van der Waals surface area contributed by atoms with Crippen molar-refractivity contribution in [3.63, 3.8) is 0 Å². The third kappa shape index (κ3) is 5.22. The largest absolute Gasteiger partial charge is 0.279 e. The third-order valence-corrected chi connectivity index (χ3v) is 6.70. The number of anilines is 1. The fourth-order valence-corrected chi connectivity index (χ4v) is 5.28. The highest BCUT2D eigenvalue weighted by Crippen LogP contribution is 2.41. The van der Waals surface area contributed by atoms with E-state index in [0.717, 1.165) is 22.3 Å². The molecule has 2 aromatic rings. The van der Waals surface area contributed by atoms with Crippen LogP contribution in [0.2, 0.25) is 0 Å². The summed E-state index contributed by atoms with van der Waals surface area (Å²) in [6.07, 6.45) is 0. The average Bonchev–Trinajstić information content (AvgIpc) is 2.53. The van der Waals surface area contributed by atoms with Crippen molar-refractivity contribution in [1.29, 1.82) is 0 Å². The molecule has 0 unspecified atom stereocenters. The van der Waals surface area contributed by atoms with Gasteiger partial charge < -0.3 is 0 Å². The van der Waals surface area contributed by atoms with Gasteiger partial charge in [-0.25, -0.2) is 8.42 Å². The molecule has 1 N–H and O–H groups in total. The highest BCUT2D eigenvalue weighted by molar-refractivity contribution is 7.92. The van der Waals surface area contributed by atoms with Crippen LogP contribution in [0.15, 0.2) is 41.3 Å². The molecule has 0 amide bonds. The van der Waals surface area contributed by atoms with Gasteiger partial charge in [0.25, 0.3) is 10.0 Å². The Morgan fingerprint density at radius 1 is 0.724 bits per heavy atom. The van der Waals surface area contributed by atoms with E-state index in [1.54, 1.807) is 0 Å². The summed E-state index contributed by atoms with van der Waals surface area (Å²) < 4.78 is 30.3. The van der Waals surface area contributed by atoms with Crippen molar-refractivity contribution < 1.29 is 8.42 Å². The highest BCUT2D eigenvalue weighted by Gasteiger charge is 2.35. The van der Waals surface area contributed by atoms with Crippen molar-refractivity contribution in [1.82, 2.24) is 0 Å². The van der Waals surface area contributed by atoms with Crippen LogP contribution in [0.25, 0.3) is 0 Å². The van der Waals surface area contributed by atoms with Crippen molar-refractivity contribution in [2.75, 3.05) is 4.72 Å². The predicted octanol–water partition coefficient (Wildman–Crippen LogP) is 6.69. The van der Waals surface area contributed by atoms with E-state index in [1.807, 2.05) is 31.2 Å². The van der Waals surface area contributed by atoms with Gasteiger partial charge in [-0.1, -0.05) is 92.6 Å². The van der Waals surface area contributed by atoms with Gasteiger partial charge in [0.2, 0.25) is 0 Å². The summed E-state index contributed by atoms with van der Waals surface area (Å²) >= 11 is 0. The van der Waals surface area contributed by atoms with Crippen LogP contribution < -0.4 is 4.72 Å². The van der Waals surface area contributed by atoms with E-state index in [-0.39, 0.29) is 16.2 Å². The molecule has 0 aliphatic rings. The molecule has 0 aliphatic carbocycles. The van der Waals surface area contributed by atoms with E-state index in [1.165, 1.54) is 0 Å². The SMILES string of the molecule is Cc1ccccc1NS(=O)(=O)c1c(C(C)(C)C)cc(C(C)(C)C)cc1C(C)(C)C. The van der Waals surface area contributed by atoms with Gasteiger partial charge >= 0.3 is 0 Å². The molecule has 0 aromatic heterocycles. The minimum absolute atomic E-state index is 0.0776. The Hall–Kier alpha value is -1.81. The second kappa shape index (κ2) is 7.46. The van der Waals surface area contributed by atoms with Gasteiger partial charge in [-0.15, -0.1) is 0 Å². The molecular weight excluding hydrogens is 378 g/mol. The predicted molar refractivity (Wildman–Crippen MR) is 125 cm³/mol. The molecule has 0 aliphatic heterocycles. The van der Waals surface area contributed by atoms with Crippen LogP contribution in [0.1, 0.15) is 84.6 Å². The number of hydrogen-bond donors (Lipinski definition) is 1. The number of sulfonamides is 1. The Kier molecular flexibility index (Phi) is 6.04. The van der Waals surface area contributed by atoms with Crippen LogP contribution in [0.3, 0.4) is 0 Å². The molecule has 2 aromatic carbocycles. The lowest BCUT2D eigenvalue weighted by atomic mass is 9.75. The molecule has 3 nitrogen and oxygen atoms in total. The van der Waals surface area contributed by atoms with Crippen molar-refractivity contribution in [2.24, 2.45) is 0 Å². The first-order chi connectivity index (χ1) is 12.9. The molecule has 0 saturated heterocycles. The van der Waals surface area contributed by atoms with E-state index in [0.29, 0.717) is 10.6 Å². The quantitative estimate of drug-likeness (QED) is 0.607. The Bertz CT molecular complexity index is 963. The normalized spacial score (nSPS) is 13.4. The van der Waals surface area contributed by atoms with Gasteiger partial charge in [0.05, 0.1) is 10.6 Å². The zero-order valence-electron chi connectivity index (χ0n) is 19.7. The van der Waals surface area contributed by atoms with Gasteiger partial charge in [-0.05, 0) is 51.5 Å². The molecule has 0 radical (unpaired) electrons. The van der Waals surface area contributed by atoms with E-state index in [9.17, 15) is 8.42 Å². The molecule has 0 atom stereocenters. The number of benzene rings is 2. The van der Waals surface area contributed by atoms with Crippen LogP contribution in [-0.4, -0.2) is 8.42 Å². The summed E-state index contributed by atoms with van der Waals surface area (Å²) in [7, 11) is -3.78. The van der Waals surface area contributed by atoms with Gasteiger partial charge in [0.15, 0.2) is 0 Å². The van der Waals surface area contributed by atoms with Gasteiger partial charge in [0, 0.05) is 0 Å². The zero-order valence-corrected chi connectivity index (χ0v) is 20.5. The Labute approximate surface area is 178 Å². The van der Waals surface area contributed by atoms with Gasteiger partial charge in [-0.3, -0.25) is 4.72 Å². The Balaban J connectivity index is 2.89. The van der Waals surface area contributed by atoms with E-state index >= 15 is 0 Å². The summed E-state index contributed by atoms with van der Waals surface area (Å²) in [6, 6.07) is 11.7. The maximum atomic E-state index is 13.7. The second-order valence-electron chi connectivity index (χ2n) is 11.1. The van der Waals surface area contributed by atoms with Gasteiger partial charge in [0.1, 0.15) is 0 Å². The van der Waals surface area contributed by atoms with Crippen LogP contribution in [0, 0.1) is 6.92 Å². The molecule has 0 spiro atoms. The molecular formula is C25H37NO2S. The standard InChI is InChI=1S/C25H37NO2S/c1-17-13-11-12-14-21(17)26-29(27,28)22-19(24(5,6)7)15-18(23(2,3)4)16-20(22)25(8,9)10/h11-16,26H,1-10H3. The molecule has 0 heterocycles. The molecule has 2 rings (SSSR count). The van der Waals surface area contributed by atoms with Crippen LogP contribution in [0.4, 0.5) is 5.69 Å². The monoisotopic (exact) mass is 415 g/mol. The highest BCUT2D eigenvalue weighted by atomic mass is 32.2. The summed E-state index contributed by atoms with van der Waals surface area (Å²) in [5, 5.41) is 0. The number of para-hydroxylation sites is 1. The van der Waals surface area contributed by atoms with Crippen molar-refractivity contribution in [3.8, 4) is 0 Å². The average molecular weight is 416 g/mol. The first-order valence-corrected chi connectivity index (χ1v) is 11.7. The lowest BCUT2D eigenvalue weighted by molar-refractivity contribution is 0.520. The zero-order chi connectivity index (χ0) is 22.4. The first-order valence-electron chi connectivity index (χ1n) is 10.2. The van der Waals surface area contributed by atoms with E-state index < -0.39 is 10.0 Å². The number of nitrogens with one attached hydrogen (secondary N) is 1. The van der Waals surface area contributed by atoms with Crippen LogP contribution in [-0.2, 0) is 26.3 Å². The van der Waals surface area contributed by atoms with Gasteiger partial charge in [-0.2, -0.15) is 0 Å². The smallest absolute Gasteiger partial charge is 0.262 e. The minimum atomic E-state index is -3.78. The first kappa shape index (κ1) is 23.5. The molecule has 0 saturated carbocycles. The maximum Gasteiger partial charge on any atom is 0.262 e. The molecule has 0 fully saturated rings. The summed E-state index contributed by atoms with van der Waals surface area (Å²) in [4.78, 5) is 0.411. The summed E-state index contributed by atoms with van der Waals surface area (Å²) in [5.41, 5.74) is 3.66. The lowest BCUT2D eigenvalue weighted by Gasteiger charge is -2.33. The lowest BCUT2D eigenvalue weighted by Crippen LogP contribution is -2.28. The fourth-order valence-electron chi connectivity index (χ4n) is 3.35. The van der Waals surface area contributed by atoms with E-state index in [2.05, 4.69) is 79.2 Å².